The molecule has 17 N–H and O–H groups in total. The number of aromatic hydroxyl groups is 1. The standard InChI is InChI=1S/C93H123N17O18S/c1-8-9-34-75-92(127)110-43-24-36-74(110)88(123)103-70(50-79(114)115)86(121)106-80(56(4)5)93(128)108(7)76(48-59-29-17-12-18-30-59)89(124)99-65(33-21-22-41-94)91(126)109-42-23-35-73(109)87(122)102-69(49-61-51-96-64-32-20-19-31-63(61)64)85(120)101-68(46-60-37-39-62(111)40-38-60)84(119)100-66(44-55(2)3)82(117)105-72(81(116)97-52-77(95)112)53-129-54-78(113)98-67(45-57-25-13-10-14-26-57)83(118)104-71(90(125)107(75)6)47-58-27-15-11-16-28-58/h10-20,25-32,37-40,51,55-56,65-76,80,96,111H,8-9,21-24,33-36,41-50,52-54,94H2,1-7H3,(H2,95,112)(H,97,116)(H,98,113)(H,99,124)(H,100,119)(H,101,120)(H,102,122)(H,103,123)(H,104,118)(H,105,117)(H,106,121)(H,114,115)/t65-,66-,67-,68-,69-,70-,71-,72-,73+,74+,75-,76-,80-/m0/s1. The lowest BCUT2D eigenvalue weighted by Crippen LogP contribution is -2.62. The molecule has 35 nitrogen and oxygen atoms in total. The molecule has 4 heterocycles. The van der Waals surface area contributed by atoms with Crippen molar-refractivity contribution in [3.63, 3.8) is 0 Å². The molecule has 1 aromatic heterocycles. The van der Waals surface area contributed by atoms with Gasteiger partial charge in [-0.25, -0.2) is 0 Å². The van der Waals surface area contributed by atoms with Crippen LogP contribution in [0, 0.1) is 11.8 Å². The van der Waals surface area contributed by atoms with Crippen molar-refractivity contribution in [1.82, 2.24) is 77.8 Å². The molecule has 15 amide bonds. The SMILES string of the molecule is CCCC[C@H]1C(=O)N2CCC[C@@H]2C(=O)N[C@@H](CC(=O)O)C(=O)N[C@@H](C(C)C)C(=O)N(C)[C@@H](Cc2ccccc2)C(=O)N[C@@H](CCCCN)C(=O)N2CCC[C@@H]2C(=O)N[C@@H](Cc2c[nH]c3ccccc23)C(=O)N[C@@H](Cc2ccc(O)cc2)C(=O)N[C@@H](CC(C)C)C(=O)N[C@H](C(=O)NCC(N)=O)CSCC(=O)N[C@@H](Cc2ccccc2)C(=O)N[C@@H](Cc2ccccc2)C(=O)N1C. The van der Waals surface area contributed by atoms with E-state index in [1.165, 1.54) is 53.1 Å². The van der Waals surface area contributed by atoms with E-state index in [9.17, 15) is 43.8 Å². The number of carbonyl (C=O) groups excluding carboxylic acids is 15. The second-order valence-electron chi connectivity index (χ2n) is 33.9. The molecule has 3 fully saturated rings. The zero-order valence-electron chi connectivity index (χ0n) is 74.1. The number of hydrogen-bond acceptors (Lipinski definition) is 19. The van der Waals surface area contributed by atoms with Crippen molar-refractivity contribution in [3.8, 4) is 5.75 Å². The molecule has 0 spiro atoms. The highest BCUT2D eigenvalue weighted by atomic mass is 32.2. The number of nitrogens with two attached hydrogens (primary N) is 2. The van der Waals surface area contributed by atoms with Gasteiger partial charge in [0.05, 0.1) is 18.7 Å². The summed E-state index contributed by atoms with van der Waals surface area (Å²) in [7, 11) is 2.73. The quantitative estimate of drug-likeness (QED) is 0.0365. The summed E-state index contributed by atoms with van der Waals surface area (Å²) in [6.45, 7) is 8.11. The number of fused-ring (bicyclic) bond motifs is 3. The number of phenols is 1. The Morgan fingerprint density at radius 1 is 0.496 bits per heavy atom. The van der Waals surface area contributed by atoms with Gasteiger partial charge in [-0.05, 0) is 122 Å². The molecule has 36 heteroatoms. The highest BCUT2D eigenvalue weighted by molar-refractivity contribution is 8.00. The molecule has 0 unspecified atom stereocenters. The van der Waals surface area contributed by atoms with Crippen LogP contribution in [0.2, 0.25) is 0 Å². The van der Waals surface area contributed by atoms with Crippen LogP contribution in [0.3, 0.4) is 0 Å². The van der Waals surface area contributed by atoms with Gasteiger partial charge in [-0.15, -0.1) is 11.8 Å². The minimum atomic E-state index is -1.87. The first-order valence-corrected chi connectivity index (χ1v) is 45.2. The first-order chi connectivity index (χ1) is 61.7. The van der Waals surface area contributed by atoms with E-state index in [0.29, 0.717) is 58.0 Å². The van der Waals surface area contributed by atoms with E-state index in [1.807, 2.05) is 6.92 Å². The van der Waals surface area contributed by atoms with Crippen LogP contribution in [0.25, 0.3) is 10.9 Å². The van der Waals surface area contributed by atoms with Gasteiger partial charge < -0.3 is 99.4 Å². The van der Waals surface area contributed by atoms with Gasteiger partial charge in [-0.1, -0.05) is 169 Å². The van der Waals surface area contributed by atoms with Crippen molar-refractivity contribution in [2.45, 2.75) is 222 Å². The second kappa shape index (κ2) is 49.0. The van der Waals surface area contributed by atoms with Crippen molar-refractivity contribution >= 4 is 117 Å². The molecule has 0 radical (unpaired) electrons. The van der Waals surface area contributed by atoms with E-state index in [0.717, 1.165) is 16.7 Å². The first kappa shape index (κ1) is 100. The number of H-pyrrole nitrogens is 1. The zero-order chi connectivity index (χ0) is 93.5. The Labute approximate surface area is 754 Å². The summed E-state index contributed by atoms with van der Waals surface area (Å²) < 4.78 is 0. The van der Waals surface area contributed by atoms with Gasteiger partial charge >= 0.3 is 5.97 Å². The van der Waals surface area contributed by atoms with Gasteiger partial charge in [0, 0.05) is 82.1 Å². The Morgan fingerprint density at radius 3 is 1.55 bits per heavy atom. The van der Waals surface area contributed by atoms with E-state index in [2.05, 4.69) is 58.2 Å². The maximum Gasteiger partial charge on any atom is 0.305 e. The average Bonchev–Trinajstić information content (AvgIpc) is 1.71. The molecule has 3 saturated heterocycles. The monoisotopic (exact) mass is 1800 g/mol. The van der Waals surface area contributed by atoms with Crippen LogP contribution < -0.4 is 64.6 Å². The predicted octanol–water partition coefficient (Wildman–Crippen LogP) is 2.23. The van der Waals surface area contributed by atoms with Crippen LogP contribution in [-0.4, -0.2) is 260 Å². The number of aromatic amines is 1. The van der Waals surface area contributed by atoms with Gasteiger partial charge in [0.2, 0.25) is 88.6 Å². The number of benzene rings is 5. The number of likely N-dealkylation sites (N-methyl/N-ethyl adjacent to an activating group) is 2. The van der Waals surface area contributed by atoms with E-state index in [4.69, 9.17) is 11.5 Å². The van der Waals surface area contributed by atoms with E-state index in [-0.39, 0.29) is 121 Å². The summed E-state index contributed by atoms with van der Waals surface area (Å²) >= 11 is 0.839. The molecule has 3 aliphatic rings. The Balaban J connectivity index is 1.11. The van der Waals surface area contributed by atoms with E-state index < -0.39 is 198 Å². The highest BCUT2D eigenvalue weighted by Crippen LogP contribution is 2.28. The number of carboxylic acid groups (broad SMARTS) is 1. The predicted molar refractivity (Wildman–Crippen MR) is 483 cm³/mol. The van der Waals surface area contributed by atoms with Crippen LogP contribution >= 0.6 is 11.8 Å². The van der Waals surface area contributed by atoms with Gasteiger partial charge in [0.25, 0.3) is 0 Å². The van der Waals surface area contributed by atoms with Crippen LogP contribution in [0.15, 0.2) is 146 Å². The average molecular weight is 1800 g/mol. The normalized spacial score (nSPS) is 23.9. The van der Waals surface area contributed by atoms with Gasteiger partial charge in [0.15, 0.2) is 0 Å². The second-order valence-corrected chi connectivity index (χ2v) is 35.0. The fraction of sp³-hybridized carbons (Fsp3) is 0.484. The Morgan fingerprint density at radius 2 is 0.984 bits per heavy atom. The van der Waals surface area contributed by atoms with Gasteiger partial charge in [0.1, 0.15) is 84.3 Å². The summed E-state index contributed by atoms with van der Waals surface area (Å²) in [5.41, 5.74) is 14.9. The number of aliphatic carboxylic acids is 1. The minimum absolute atomic E-state index is 0.00297. The number of carbonyl (C=O) groups is 16. The van der Waals surface area contributed by atoms with E-state index >= 15 is 43.2 Å². The number of carboxylic acids is 1. The molecule has 5 aromatic carbocycles. The van der Waals surface area contributed by atoms with Gasteiger partial charge in [-0.3, -0.25) is 76.7 Å². The van der Waals surface area contributed by atoms with Crippen LogP contribution in [0.5, 0.6) is 5.75 Å². The van der Waals surface area contributed by atoms with Crippen LogP contribution in [0.1, 0.15) is 139 Å². The zero-order valence-corrected chi connectivity index (χ0v) is 74.9. The summed E-state index contributed by atoms with van der Waals surface area (Å²) in [6, 6.07) is 19.9. The molecule has 0 aliphatic carbocycles. The molecule has 0 saturated carbocycles. The smallest absolute Gasteiger partial charge is 0.305 e. The van der Waals surface area contributed by atoms with Crippen molar-refractivity contribution in [2.24, 2.45) is 23.3 Å². The lowest BCUT2D eigenvalue weighted by atomic mass is 9.98. The third-order valence-corrected chi connectivity index (χ3v) is 24.3. The van der Waals surface area contributed by atoms with E-state index in [1.54, 1.807) is 149 Å². The summed E-state index contributed by atoms with van der Waals surface area (Å²) in [4.78, 5) is 245. The third kappa shape index (κ3) is 29.1. The summed E-state index contributed by atoms with van der Waals surface area (Å²) in [5, 5.41) is 48.8. The lowest BCUT2D eigenvalue weighted by molar-refractivity contribution is -0.149. The molecule has 6 aromatic rings. The highest BCUT2D eigenvalue weighted by Gasteiger charge is 2.46. The molecule has 13 atom stereocenters. The number of amides is 15. The number of nitrogens with zero attached hydrogens (tertiary/aromatic N) is 4. The number of rotatable bonds is 25. The Hall–Kier alpha value is -12.7. The largest absolute Gasteiger partial charge is 0.508 e. The van der Waals surface area contributed by atoms with Crippen molar-refractivity contribution < 1.29 is 86.9 Å². The minimum Gasteiger partial charge on any atom is -0.508 e. The number of thioether (sulfide) groups is 1. The van der Waals surface area contributed by atoms with Crippen LogP contribution in [-0.2, 0) is 109 Å². The Bertz CT molecular complexity index is 4890. The lowest BCUT2D eigenvalue weighted by Gasteiger charge is -2.36. The molecule has 129 heavy (non-hydrogen) atoms. The molecular weight excluding hydrogens is 1680 g/mol. The van der Waals surface area contributed by atoms with Gasteiger partial charge in [-0.2, -0.15) is 0 Å². The maximum absolute atomic E-state index is 15.5. The fourth-order valence-electron chi connectivity index (χ4n) is 16.3. The molecule has 9 rings (SSSR count). The van der Waals surface area contributed by atoms with Crippen molar-refractivity contribution in [3.05, 3.63) is 174 Å². The number of primary amides is 1. The topological polar surface area (TPSA) is 515 Å². The molecule has 3 aliphatic heterocycles. The number of para-hydroxylation sites is 1. The molecule has 0 bridgehead atoms. The maximum atomic E-state index is 15.5. The Kier molecular flexibility index (Phi) is 38.0. The molecular formula is C93H123N17O18S. The number of hydrogen-bond donors (Lipinski definition) is 15. The van der Waals surface area contributed by atoms with Crippen molar-refractivity contribution in [2.75, 3.05) is 51.8 Å². The number of aromatic nitrogens is 1. The third-order valence-electron chi connectivity index (χ3n) is 23.3. The molecule has 694 valence electrons. The number of nitrogens with one attached hydrogen (secondary N) is 11. The summed E-state index contributed by atoms with van der Waals surface area (Å²) in [6.07, 6.45) is 2.00. The fourth-order valence-corrected chi connectivity index (χ4v) is 17.1. The summed E-state index contributed by atoms with van der Waals surface area (Å²) in [5.74, 6) is -16.4. The number of phenolic OH excluding ortho intramolecular Hbond substituents is 1. The van der Waals surface area contributed by atoms with Crippen molar-refractivity contribution in [1.29, 1.82) is 0 Å². The first-order valence-electron chi connectivity index (χ1n) is 44.1. The number of unbranched alkanes of at least 4 members (excludes halogenated alkanes) is 2. The van der Waals surface area contributed by atoms with Crippen LogP contribution in [0.4, 0.5) is 0 Å².